The smallest absolute Gasteiger partial charge is 0.274 e. The predicted octanol–water partition coefficient (Wildman–Crippen LogP) is 2.25. The molecule has 3 rings (SSSR count). The third-order valence-electron chi connectivity index (χ3n) is 3.77. The van der Waals surface area contributed by atoms with E-state index in [4.69, 9.17) is 4.74 Å². The molecule has 1 aromatic rings. The molecule has 2 aliphatic heterocycles. The average molecular weight is 271 g/mol. The van der Waals surface area contributed by atoms with Crippen LogP contribution in [0, 0.1) is 6.92 Å². The number of nitrogens with zero attached hydrogens (tertiary/aromatic N) is 3. The van der Waals surface area contributed by atoms with E-state index >= 15 is 0 Å². The van der Waals surface area contributed by atoms with Crippen LogP contribution in [0.4, 0.5) is 5.69 Å². The second-order valence-corrected chi connectivity index (χ2v) is 5.11. The summed E-state index contributed by atoms with van der Waals surface area (Å²) in [5.41, 5.74) is 4.76. The molecule has 0 N–H and O–H groups in total. The van der Waals surface area contributed by atoms with E-state index in [1.807, 2.05) is 26.0 Å². The van der Waals surface area contributed by atoms with Crippen molar-refractivity contribution < 1.29 is 9.53 Å². The molecule has 0 fully saturated rings. The fourth-order valence-electron chi connectivity index (χ4n) is 2.82. The summed E-state index contributed by atoms with van der Waals surface area (Å²) in [6.45, 7) is 4.67. The van der Waals surface area contributed by atoms with Crippen molar-refractivity contribution in [2.45, 2.75) is 26.7 Å². The van der Waals surface area contributed by atoms with Gasteiger partial charge in [-0.15, -0.1) is 0 Å². The molecule has 0 saturated heterocycles. The number of methoxy groups -OCH3 is 1. The van der Waals surface area contributed by atoms with Crippen molar-refractivity contribution in [3.05, 3.63) is 29.1 Å². The molecule has 5 nitrogen and oxygen atoms in total. The summed E-state index contributed by atoms with van der Waals surface area (Å²) in [7, 11) is 1.61. The minimum Gasteiger partial charge on any atom is -0.481 e. The van der Waals surface area contributed by atoms with Gasteiger partial charge in [-0.25, -0.2) is 9.98 Å². The lowest BCUT2D eigenvalue weighted by Crippen LogP contribution is -2.23. The Balaban J connectivity index is 1.98. The van der Waals surface area contributed by atoms with Crippen LogP contribution in [0.2, 0.25) is 0 Å². The van der Waals surface area contributed by atoms with Gasteiger partial charge in [-0.3, -0.25) is 4.79 Å². The van der Waals surface area contributed by atoms with Gasteiger partial charge in [0.05, 0.1) is 18.5 Å². The molecule has 1 amide bonds. The first-order chi connectivity index (χ1) is 9.60. The standard InChI is InChI=1S/C15H17N3O2/c1-9-8-13-11(15(19)16-9)6-7-18(13)12-4-5-14(20-3)17-10(12)2/h4-5H,6-8H2,1-3H3. The third kappa shape index (κ3) is 1.99. The van der Waals surface area contributed by atoms with Crippen molar-refractivity contribution in [2.75, 3.05) is 18.6 Å². The molecule has 0 unspecified atom stereocenters. The van der Waals surface area contributed by atoms with E-state index in [1.165, 1.54) is 0 Å². The van der Waals surface area contributed by atoms with Gasteiger partial charge in [0.2, 0.25) is 5.88 Å². The molecular weight excluding hydrogens is 254 g/mol. The number of aromatic nitrogens is 1. The summed E-state index contributed by atoms with van der Waals surface area (Å²) >= 11 is 0. The maximum atomic E-state index is 11.9. The molecular formula is C15H17N3O2. The molecule has 0 atom stereocenters. The van der Waals surface area contributed by atoms with Gasteiger partial charge in [0.1, 0.15) is 0 Å². The highest BCUT2D eigenvalue weighted by Gasteiger charge is 2.31. The van der Waals surface area contributed by atoms with Gasteiger partial charge < -0.3 is 9.64 Å². The Morgan fingerprint density at radius 1 is 1.30 bits per heavy atom. The van der Waals surface area contributed by atoms with Gasteiger partial charge in [-0.1, -0.05) is 0 Å². The maximum absolute atomic E-state index is 11.9. The Kier molecular flexibility index (Phi) is 3.04. The van der Waals surface area contributed by atoms with E-state index in [0.29, 0.717) is 5.88 Å². The van der Waals surface area contributed by atoms with Crippen LogP contribution in [0.3, 0.4) is 0 Å². The highest BCUT2D eigenvalue weighted by atomic mass is 16.5. The van der Waals surface area contributed by atoms with Crippen molar-refractivity contribution in [3.63, 3.8) is 0 Å². The minimum absolute atomic E-state index is 0.0784. The monoisotopic (exact) mass is 271 g/mol. The van der Waals surface area contributed by atoms with Crippen LogP contribution in [-0.4, -0.2) is 30.3 Å². The van der Waals surface area contributed by atoms with Crippen molar-refractivity contribution in [3.8, 4) is 5.88 Å². The number of hydrogen-bond acceptors (Lipinski definition) is 4. The van der Waals surface area contributed by atoms with E-state index in [-0.39, 0.29) is 5.91 Å². The van der Waals surface area contributed by atoms with Crippen molar-refractivity contribution >= 4 is 17.3 Å². The van der Waals surface area contributed by atoms with Crippen LogP contribution in [0.25, 0.3) is 0 Å². The molecule has 0 bridgehead atoms. The minimum atomic E-state index is -0.0784. The molecule has 104 valence electrons. The van der Waals surface area contributed by atoms with Crippen LogP contribution < -0.4 is 9.64 Å². The average Bonchev–Trinajstić information content (AvgIpc) is 2.82. The van der Waals surface area contributed by atoms with Crippen LogP contribution in [0.5, 0.6) is 5.88 Å². The van der Waals surface area contributed by atoms with E-state index in [2.05, 4.69) is 14.9 Å². The first-order valence-corrected chi connectivity index (χ1v) is 6.70. The second kappa shape index (κ2) is 4.74. The number of carbonyl (C=O) groups excluding carboxylic acids is 1. The molecule has 0 saturated carbocycles. The van der Waals surface area contributed by atoms with E-state index in [1.54, 1.807) is 7.11 Å². The Bertz CT molecular complexity index is 647. The lowest BCUT2D eigenvalue weighted by Gasteiger charge is -2.25. The summed E-state index contributed by atoms with van der Waals surface area (Å²) in [6, 6.07) is 3.86. The summed E-state index contributed by atoms with van der Waals surface area (Å²) in [5.74, 6) is 0.530. The SMILES string of the molecule is COc1ccc(N2CCC3=C2CC(C)=NC3=O)c(C)n1. The Morgan fingerprint density at radius 3 is 2.80 bits per heavy atom. The summed E-state index contributed by atoms with van der Waals surface area (Å²) < 4.78 is 5.14. The van der Waals surface area contributed by atoms with E-state index in [0.717, 1.165) is 47.7 Å². The normalized spacial score (nSPS) is 18.2. The number of amides is 1. The van der Waals surface area contributed by atoms with Gasteiger partial charge in [0.15, 0.2) is 0 Å². The number of hydrogen-bond donors (Lipinski definition) is 0. The highest BCUT2D eigenvalue weighted by molar-refractivity contribution is 6.08. The Morgan fingerprint density at radius 2 is 2.10 bits per heavy atom. The molecule has 0 spiro atoms. The quantitative estimate of drug-likeness (QED) is 0.828. The number of allylic oxidation sites excluding steroid dienone is 1. The lowest BCUT2D eigenvalue weighted by atomic mass is 10.1. The van der Waals surface area contributed by atoms with Crippen molar-refractivity contribution in [1.82, 2.24) is 4.98 Å². The Hall–Kier alpha value is -2.17. The first kappa shape index (κ1) is 12.8. The highest BCUT2D eigenvalue weighted by Crippen LogP contribution is 2.35. The third-order valence-corrected chi connectivity index (χ3v) is 3.77. The first-order valence-electron chi connectivity index (χ1n) is 6.70. The number of aliphatic imine (C=N–C) groups is 1. The van der Waals surface area contributed by atoms with Crippen LogP contribution in [-0.2, 0) is 4.79 Å². The predicted molar refractivity (Wildman–Crippen MR) is 77.2 cm³/mol. The molecule has 0 aromatic carbocycles. The number of ether oxygens (including phenoxy) is 1. The second-order valence-electron chi connectivity index (χ2n) is 5.11. The van der Waals surface area contributed by atoms with Gasteiger partial charge >= 0.3 is 0 Å². The molecule has 20 heavy (non-hydrogen) atoms. The zero-order chi connectivity index (χ0) is 14.3. The van der Waals surface area contributed by atoms with Gasteiger partial charge in [-0.05, 0) is 26.3 Å². The number of anilines is 1. The summed E-state index contributed by atoms with van der Waals surface area (Å²) in [5, 5.41) is 0. The lowest BCUT2D eigenvalue weighted by molar-refractivity contribution is -0.114. The van der Waals surface area contributed by atoms with E-state index in [9.17, 15) is 4.79 Å². The van der Waals surface area contributed by atoms with Gasteiger partial charge in [-0.2, -0.15) is 0 Å². The summed E-state index contributed by atoms with van der Waals surface area (Å²) in [6.07, 6.45) is 1.50. The van der Waals surface area contributed by atoms with Crippen molar-refractivity contribution in [2.24, 2.45) is 4.99 Å². The number of rotatable bonds is 2. The molecule has 5 heteroatoms. The van der Waals surface area contributed by atoms with Gasteiger partial charge in [0, 0.05) is 36.0 Å². The number of dihydropyridines is 1. The number of pyridine rings is 1. The number of carbonyl (C=O) groups is 1. The molecule has 3 heterocycles. The molecule has 1 aromatic heterocycles. The largest absolute Gasteiger partial charge is 0.481 e. The van der Waals surface area contributed by atoms with Gasteiger partial charge in [0.25, 0.3) is 5.91 Å². The molecule has 0 aliphatic carbocycles. The zero-order valence-corrected chi connectivity index (χ0v) is 11.9. The fourth-order valence-corrected chi connectivity index (χ4v) is 2.82. The van der Waals surface area contributed by atoms with Crippen molar-refractivity contribution in [1.29, 1.82) is 0 Å². The molecule has 0 radical (unpaired) electrons. The number of aryl methyl sites for hydroxylation is 1. The fraction of sp³-hybridized carbons (Fsp3) is 0.400. The zero-order valence-electron chi connectivity index (χ0n) is 11.9. The van der Waals surface area contributed by atoms with Crippen LogP contribution in [0.1, 0.15) is 25.5 Å². The van der Waals surface area contributed by atoms with E-state index < -0.39 is 0 Å². The van der Waals surface area contributed by atoms with Crippen LogP contribution >= 0.6 is 0 Å². The van der Waals surface area contributed by atoms with Crippen LogP contribution in [0.15, 0.2) is 28.4 Å². The maximum Gasteiger partial charge on any atom is 0.274 e. The molecule has 2 aliphatic rings. The summed E-state index contributed by atoms with van der Waals surface area (Å²) in [4.78, 5) is 22.6. The topological polar surface area (TPSA) is 54.8 Å². The Labute approximate surface area is 118 Å².